The summed E-state index contributed by atoms with van der Waals surface area (Å²) in [6, 6.07) is 3.51. The van der Waals surface area contributed by atoms with E-state index >= 15 is 0 Å². The topological polar surface area (TPSA) is 51.3 Å². The lowest BCUT2D eigenvalue weighted by Gasteiger charge is -2.11. The lowest BCUT2D eigenvalue weighted by molar-refractivity contribution is 0.288. The van der Waals surface area contributed by atoms with E-state index in [1.807, 2.05) is 13.8 Å². The number of benzene rings is 1. The van der Waals surface area contributed by atoms with E-state index < -0.39 is 0 Å². The third-order valence-electron chi connectivity index (χ3n) is 2.50. The van der Waals surface area contributed by atoms with Gasteiger partial charge in [-0.3, -0.25) is 4.79 Å². The van der Waals surface area contributed by atoms with Gasteiger partial charge in [0, 0.05) is 12.3 Å². The summed E-state index contributed by atoms with van der Waals surface area (Å²) in [5.74, 6) is 1.24. The highest BCUT2D eigenvalue weighted by Crippen LogP contribution is 2.31. The summed E-state index contributed by atoms with van der Waals surface area (Å²) in [5, 5.41) is 0.580. The molecule has 0 atom stereocenters. The molecule has 0 aliphatic heterocycles. The van der Waals surface area contributed by atoms with Crippen LogP contribution in [0.25, 0.3) is 10.9 Å². The van der Waals surface area contributed by atoms with Crippen LogP contribution in [-0.4, -0.2) is 18.2 Å². The van der Waals surface area contributed by atoms with Crippen LogP contribution in [0.1, 0.15) is 13.8 Å². The number of hydrogen-bond acceptors (Lipinski definition) is 3. The Morgan fingerprint density at radius 3 is 2.39 bits per heavy atom. The summed E-state index contributed by atoms with van der Waals surface area (Å²) < 4.78 is 11.5. The fourth-order valence-electron chi connectivity index (χ4n) is 1.74. The molecule has 18 heavy (non-hydrogen) atoms. The van der Waals surface area contributed by atoms with Gasteiger partial charge in [-0.2, -0.15) is 0 Å². The Balaban J connectivity index is 2.68. The molecule has 1 heterocycles. The highest BCUT2D eigenvalue weighted by Gasteiger charge is 2.10. The molecule has 0 aliphatic rings. The quantitative estimate of drug-likeness (QED) is 0.944. The van der Waals surface area contributed by atoms with Crippen LogP contribution < -0.4 is 14.9 Å². The molecule has 0 saturated carbocycles. The van der Waals surface area contributed by atoms with Crippen LogP contribution in [0.3, 0.4) is 0 Å². The normalized spacial score (nSPS) is 10.6. The van der Waals surface area contributed by atoms with Crippen molar-refractivity contribution in [3.8, 4) is 11.5 Å². The van der Waals surface area contributed by atoms with Crippen molar-refractivity contribution < 1.29 is 9.47 Å². The first-order valence-electron chi connectivity index (χ1n) is 5.77. The molecule has 0 spiro atoms. The Bertz CT molecular complexity index is 621. The van der Waals surface area contributed by atoms with Gasteiger partial charge in [0.2, 0.25) is 5.43 Å². The van der Waals surface area contributed by atoms with Gasteiger partial charge in [-0.05, 0) is 35.8 Å². The number of aromatic amines is 1. The summed E-state index contributed by atoms with van der Waals surface area (Å²) >= 11 is 3.21. The number of rotatable bonds is 4. The van der Waals surface area contributed by atoms with E-state index in [1.54, 1.807) is 18.3 Å². The first kappa shape index (κ1) is 13.0. The molecule has 0 bridgehead atoms. The van der Waals surface area contributed by atoms with Crippen LogP contribution in [0.5, 0.6) is 11.5 Å². The highest BCUT2D eigenvalue weighted by atomic mass is 79.9. The number of aromatic nitrogens is 1. The van der Waals surface area contributed by atoms with Gasteiger partial charge in [-0.25, -0.2) is 0 Å². The molecule has 96 valence electrons. The fraction of sp³-hybridized carbons (Fsp3) is 0.308. The predicted molar refractivity (Wildman–Crippen MR) is 74.6 cm³/mol. The molecule has 0 unspecified atom stereocenters. The van der Waals surface area contributed by atoms with Crippen molar-refractivity contribution in [3.63, 3.8) is 0 Å². The van der Waals surface area contributed by atoms with E-state index in [0.29, 0.717) is 34.6 Å². The minimum Gasteiger partial charge on any atom is -0.490 e. The number of fused-ring (bicyclic) bond motifs is 1. The van der Waals surface area contributed by atoms with E-state index in [4.69, 9.17) is 9.47 Å². The predicted octanol–water partition coefficient (Wildman–Crippen LogP) is 3.09. The molecule has 1 N–H and O–H groups in total. The average molecular weight is 312 g/mol. The van der Waals surface area contributed by atoms with Crippen molar-refractivity contribution in [3.05, 3.63) is 33.0 Å². The van der Waals surface area contributed by atoms with Gasteiger partial charge < -0.3 is 14.5 Å². The molecular formula is C13H14BrNO3. The number of H-pyrrole nitrogens is 1. The lowest BCUT2D eigenvalue weighted by Crippen LogP contribution is -2.05. The fourth-order valence-corrected chi connectivity index (χ4v) is 2.07. The number of halogens is 1. The minimum atomic E-state index is -0.0623. The van der Waals surface area contributed by atoms with Crippen molar-refractivity contribution in [2.45, 2.75) is 13.8 Å². The SMILES string of the molecule is CCOc1cc2[nH]cc(Br)c(=O)c2cc1OCC. The molecule has 0 radical (unpaired) electrons. The maximum atomic E-state index is 12.0. The van der Waals surface area contributed by atoms with Gasteiger partial charge in [0.15, 0.2) is 11.5 Å². The van der Waals surface area contributed by atoms with Crippen molar-refractivity contribution in [1.82, 2.24) is 4.98 Å². The molecule has 4 nitrogen and oxygen atoms in total. The average Bonchev–Trinajstić information content (AvgIpc) is 2.36. The number of ether oxygens (including phenoxy) is 2. The van der Waals surface area contributed by atoms with Crippen molar-refractivity contribution in [2.24, 2.45) is 0 Å². The Morgan fingerprint density at radius 2 is 1.78 bits per heavy atom. The van der Waals surface area contributed by atoms with E-state index in [2.05, 4.69) is 20.9 Å². The van der Waals surface area contributed by atoms with Gasteiger partial charge >= 0.3 is 0 Å². The number of nitrogens with one attached hydrogen (secondary N) is 1. The van der Waals surface area contributed by atoms with Crippen molar-refractivity contribution in [1.29, 1.82) is 0 Å². The van der Waals surface area contributed by atoms with Crippen LogP contribution >= 0.6 is 15.9 Å². The molecule has 1 aromatic heterocycles. The Hall–Kier alpha value is -1.49. The van der Waals surface area contributed by atoms with Gasteiger partial charge in [0.05, 0.1) is 28.6 Å². The molecular weight excluding hydrogens is 298 g/mol. The molecule has 1 aromatic carbocycles. The largest absolute Gasteiger partial charge is 0.490 e. The summed E-state index contributed by atoms with van der Waals surface area (Å²) in [7, 11) is 0. The van der Waals surface area contributed by atoms with Crippen LogP contribution in [0.15, 0.2) is 27.6 Å². The smallest absolute Gasteiger partial charge is 0.203 e. The van der Waals surface area contributed by atoms with Crippen molar-refractivity contribution >= 4 is 26.8 Å². The summed E-state index contributed by atoms with van der Waals surface area (Å²) in [6.07, 6.45) is 1.63. The Labute approximate surface area is 113 Å². The van der Waals surface area contributed by atoms with Crippen LogP contribution in [0.4, 0.5) is 0 Å². The molecule has 0 saturated heterocycles. The van der Waals surface area contributed by atoms with E-state index in [1.165, 1.54) is 0 Å². The Kier molecular flexibility index (Phi) is 3.91. The lowest BCUT2D eigenvalue weighted by atomic mass is 10.2. The standard InChI is InChI=1S/C13H14BrNO3/c1-3-17-11-5-8-10(6-12(11)18-4-2)15-7-9(14)13(8)16/h5-7H,3-4H2,1-2H3,(H,15,16). The zero-order valence-electron chi connectivity index (χ0n) is 10.2. The second kappa shape index (κ2) is 5.44. The molecule has 2 rings (SSSR count). The van der Waals surface area contributed by atoms with Crippen LogP contribution in [0, 0.1) is 0 Å². The van der Waals surface area contributed by atoms with Crippen molar-refractivity contribution in [2.75, 3.05) is 13.2 Å². The van der Waals surface area contributed by atoms with Crippen LogP contribution in [-0.2, 0) is 0 Å². The molecule has 5 heteroatoms. The maximum absolute atomic E-state index is 12.0. The zero-order valence-corrected chi connectivity index (χ0v) is 11.8. The molecule has 0 aliphatic carbocycles. The third-order valence-corrected chi connectivity index (χ3v) is 3.09. The minimum absolute atomic E-state index is 0.0623. The Morgan fingerprint density at radius 1 is 1.17 bits per heavy atom. The summed E-state index contributed by atoms with van der Waals surface area (Å²) in [6.45, 7) is 4.87. The van der Waals surface area contributed by atoms with E-state index in [0.717, 1.165) is 5.52 Å². The second-order valence-corrected chi connectivity index (χ2v) is 4.53. The van der Waals surface area contributed by atoms with E-state index in [-0.39, 0.29) is 5.43 Å². The summed E-state index contributed by atoms with van der Waals surface area (Å²) in [5.41, 5.74) is 0.669. The first-order valence-corrected chi connectivity index (χ1v) is 6.57. The second-order valence-electron chi connectivity index (χ2n) is 3.68. The highest BCUT2D eigenvalue weighted by molar-refractivity contribution is 9.10. The zero-order chi connectivity index (χ0) is 13.1. The van der Waals surface area contributed by atoms with Gasteiger partial charge in [-0.15, -0.1) is 0 Å². The number of pyridine rings is 1. The summed E-state index contributed by atoms with van der Waals surface area (Å²) in [4.78, 5) is 15.0. The van der Waals surface area contributed by atoms with E-state index in [9.17, 15) is 4.79 Å². The number of hydrogen-bond donors (Lipinski definition) is 1. The third kappa shape index (κ3) is 2.36. The maximum Gasteiger partial charge on any atom is 0.203 e. The first-order chi connectivity index (χ1) is 8.67. The molecule has 0 amide bonds. The molecule has 0 fully saturated rings. The van der Waals surface area contributed by atoms with Gasteiger partial charge in [0.25, 0.3) is 0 Å². The van der Waals surface area contributed by atoms with Crippen LogP contribution in [0.2, 0.25) is 0 Å². The monoisotopic (exact) mass is 311 g/mol. The molecule has 2 aromatic rings. The van der Waals surface area contributed by atoms with Gasteiger partial charge in [0.1, 0.15) is 0 Å². The van der Waals surface area contributed by atoms with Gasteiger partial charge in [-0.1, -0.05) is 0 Å².